The molecule has 1 fully saturated rings. The van der Waals surface area contributed by atoms with Gasteiger partial charge in [-0.15, -0.1) is 0 Å². The molecule has 1 aliphatic heterocycles. The fourth-order valence-corrected chi connectivity index (χ4v) is 0.953. The molecule has 0 N–H and O–H groups in total. The second-order valence-electron chi connectivity index (χ2n) is 3.13. The highest BCUT2D eigenvalue weighted by Crippen LogP contribution is 2.21. The molecule has 0 amide bonds. The van der Waals surface area contributed by atoms with Gasteiger partial charge in [-0.2, -0.15) is 0 Å². The lowest BCUT2D eigenvalue weighted by Crippen LogP contribution is -2.45. The Morgan fingerprint density at radius 1 is 1.40 bits per heavy atom. The van der Waals surface area contributed by atoms with Gasteiger partial charge < -0.3 is 4.74 Å². The number of hydrogen-bond acceptors (Lipinski definition) is 1. The Bertz CT molecular complexity index is 182. The van der Waals surface area contributed by atoms with Gasteiger partial charge in [0.25, 0.3) is 0 Å². The quantitative estimate of drug-likeness (QED) is 0.458. The summed E-state index contributed by atoms with van der Waals surface area (Å²) in [5.74, 6) is 0.733. The lowest BCUT2D eigenvalue weighted by atomic mass is 10.3. The van der Waals surface area contributed by atoms with Crippen LogP contribution in [0.5, 0.6) is 0 Å². The molecule has 1 saturated heterocycles. The molecule has 2 nitrogen and oxygen atoms in total. The molecule has 0 aromatic rings. The predicted octanol–water partition coefficient (Wildman–Crippen LogP) is 1.12. The Balaban J connectivity index is 2.79. The van der Waals surface area contributed by atoms with Crippen LogP contribution in [0.25, 0.3) is 0 Å². The van der Waals surface area contributed by atoms with Crippen LogP contribution >= 0.6 is 0 Å². The predicted molar refractivity (Wildman–Crippen MR) is 41.2 cm³/mol. The summed E-state index contributed by atoms with van der Waals surface area (Å²) in [4.78, 5) is 0. The van der Waals surface area contributed by atoms with Gasteiger partial charge in [0.05, 0.1) is 14.1 Å². The molecule has 2 heteroatoms. The Hall–Kier alpha value is -0.760. The molecule has 0 bridgehead atoms. The van der Waals surface area contributed by atoms with Crippen LogP contribution < -0.4 is 0 Å². The van der Waals surface area contributed by atoms with E-state index in [1.54, 1.807) is 0 Å². The van der Waals surface area contributed by atoms with E-state index in [0.717, 1.165) is 29.1 Å². The second kappa shape index (κ2) is 2.13. The molecule has 1 heterocycles. The van der Waals surface area contributed by atoms with E-state index in [9.17, 15) is 0 Å². The molecule has 0 aromatic heterocycles. The summed E-state index contributed by atoms with van der Waals surface area (Å²) < 4.78 is 6.02. The first-order valence-corrected chi connectivity index (χ1v) is 3.38. The summed E-state index contributed by atoms with van der Waals surface area (Å²) in [6.07, 6.45) is 0. The zero-order valence-corrected chi connectivity index (χ0v) is 6.68. The summed E-state index contributed by atoms with van der Waals surface area (Å²) in [7, 11) is 4.21. The fraction of sp³-hybridized carbons (Fsp3) is 0.500. The third-order valence-electron chi connectivity index (χ3n) is 1.98. The number of nitrogens with zero attached hydrogens (tertiary/aromatic N) is 1. The highest BCUT2D eigenvalue weighted by Gasteiger charge is 2.28. The van der Waals surface area contributed by atoms with Gasteiger partial charge in [0.2, 0.25) is 0 Å². The largest absolute Gasteiger partial charge is 0.482 e. The third-order valence-corrected chi connectivity index (χ3v) is 1.98. The maximum atomic E-state index is 5.22. The first-order valence-electron chi connectivity index (χ1n) is 3.38. The molecule has 0 aromatic carbocycles. The number of hydrogen-bond donors (Lipinski definition) is 0. The Morgan fingerprint density at radius 3 is 2.40 bits per heavy atom. The van der Waals surface area contributed by atoms with Crippen molar-refractivity contribution in [1.29, 1.82) is 0 Å². The van der Waals surface area contributed by atoms with Crippen molar-refractivity contribution in [3.05, 3.63) is 24.6 Å². The van der Waals surface area contributed by atoms with E-state index in [-0.39, 0.29) is 0 Å². The molecule has 0 radical (unpaired) electrons. The third kappa shape index (κ3) is 1.07. The Kier molecular flexibility index (Phi) is 1.57. The van der Waals surface area contributed by atoms with E-state index in [1.165, 1.54) is 0 Å². The first kappa shape index (κ1) is 7.35. The molecule has 1 rings (SSSR count). The van der Waals surface area contributed by atoms with E-state index in [4.69, 9.17) is 4.74 Å². The minimum atomic E-state index is 0.733. The van der Waals surface area contributed by atoms with E-state index < -0.39 is 0 Å². The summed E-state index contributed by atoms with van der Waals surface area (Å²) in [5, 5.41) is 0. The summed E-state index contributed by atoms with van der Waals surface area (Å²) in [5.41, 5.74) is 0.978. The van der Waals surface area contributed by atoms with Gasteiger partial charge in [0.1, 0.15) is 13.2 Å². The molecule has 0 saturated carbocycles. The van der Waals surface area contributed by atoms with E-state index in [0.29, 0.717) is 0 Å². The van der Waals surface area contributed by atoms with Crippen LogP contribution in [-0.2, 0) is 4.74 Å². The normalized spacial score (nSPS) is 24.2. The molecular weight excluding hydrogens is 126 g/mol. The van der Waals surface area contributed by atoms with Crippen LogP contribution in [-0.4, -0.2) is 31.7 Å². The molecule has 0 unspecified atom stereocenters. The molecule has 10 heavy (non-hydrogen) atoms. The second-order valence-corrected chi connectivity index (χ2v) is 3.13. The average Bonchev–Trinajstić information content (AvgIpc) is 1.83. The van der Waals surface area contributed by atoms with Gasteiger partial charge in [-0.05, 0) is 6.58 Å². The van der Waals surface area contributed by atoms with Gasteiger partial charge in [0, 0.05) is 0 Å². The molecule has 56 valence electrons. The lowest BCUT2D eigenvalue weighted by Gasteiger charge is -2.35. The van der Waals surface area contributed by atoms with Gasteiger partial charge in [-0.3, -0.25) is 4.48 Å². The van der Waals surface area contributed by atoms with Crippen LogP contribution in [0.2, 0.25) is 0 Å². The van der Waals surface area contributed by atoms with Crippen LogP contribution in [0.3, 0.4) is 0 Å². The fourth-order valence-electron chi connectivity index (χ4n) is 0.953. The number of morpholine rings is 1. The Morgan fingerprint density at radius 2 is 2.00 bits per heavy atom. The van der Waals surface area contributed by atoms with Crippen molar-refractivity contribution >= 4 is 0 Å². The molecule has 0 spiro atoms. The number of likely N-dealkylation sites (N-methyl/N-ethyl adjacent to an activating group) is 1. The van der Waals surface area contributed by atoms with Gasteiger partial charge >= 0.3 is 0 Å². The Labute approximate surface area is 62.0 Å². The topological polar surface area (TPSA) is 9.23 Å². The minimum Gasteiger partial charge on any atom is -0.482 e. The zero-order chi connectivity index (χ0) is 7.78. The monoisotopic (exact) mass is 140 g/mol. The standard InChI is InChI=1S/C8H14NO/c1-7-8(2)10-6-5-9(7,3)4/h1-2,5-6H2,3-4H3/q+1. The molecular formula is C8H14NO+. The smallest absolute Gasteiger partial charge is 0.172 e. The first-order chi connectivity index (χ1) is 4.54. The molecule has 0 aliphatic carbocycles. The van der Waals surface area contributed by atoms with Crippen LogP contribution in [0.1, 0.15) is 0 Å². The van der Waals surface area contributed by atoms with Crippen molar-refractivity contribution in [3.63, 3.8) is 0 Å². The van der Waals surface area contributed by atoms with Crippen molar-refractivity contribution in [3.8, 4) is 0 Å². The van der Waals surface area contributed by atoms with Gasteiger partial charge in [-0.1, -0.05) is 6.58 Å². The van der Waals surface area contributed by atoms with E-state index >= 15 is 0 Å². The number of quaternary nitrogens is 1. The van der Waals surface area contributed by atoms with Crippen molar-refractivity contribution in [1.82, 2.24) is 0 Å². The van der Waals surface area contributed by atoms with Gasteiger partial charge in [0.15, 0.2) is 11.5 Å². The highest BCUT2D eigenvalue weighted by atomic mass is 16.5. The maximum Gasteiger partial charge on any atom is 0.172 e. The van der Waals surface area contributed by atoms with E-state index in [2.05, 4.69) is 27.3 Å². The zero-order valence-electron chi connectivity index (χ0n) is 6.68. The van der Waals surface area contributed by atoms with Crippen LogP contribution in [0.4, 0.5) is 0 Å². The maximum absolute atomic E-state index is 5.22. The minimum absolute atomic E-state index is 0.733. The number of rotatable bonds is 0. The van der Waals surface area contributed by atoms with Crippen molar-refractivity contribution in [2.75, 3.05) is 27.2 Å². The van der Waals surface area contributed by atoms with Crippen LogP contribution in [0, 0.1) is 0 Å². The lowest BCUT2D eigenvalue weighted by molar-refractivity contribution is -0.856. The molecule has 0 atom stereocenters. The highest BCUT2D eigenvalue weighted by molar-refractivity contribution is 5.13. The van der Waals surface area contributed by atoms with Gasteiger partial charge in [-0.25, -0.2) is 0 Å². The van der Waals surface area contributed by atoms with Crippen molar-refractivity contribution < 1.29 is 9.22 Å². The van der Waals surface area contributed by atoms with Crippen LogP contribution in [0.15, 0.2) is 24.6 Å². The SMILES string of the molecule is C=C1OCC[N+](C)(C)C1=C. The van der Waals surface area contributed by atoms with E-state index in [1.807, 2.05) is 0 Å². The summed E-state index contributed by atoms with van der Waals surface area (Å²) in [6.45, 7) is 9.39. The van der Waals surface area contributed by atoms with Crippen molar-refractivity contribution in [2.24, 2.45) is 0 Å². The molecule has 1 aliphatic rings. The van der Waals surface area contributed by atoms with Crippen molar-refractivity contribution in [2.45, 2.75) is 0 Å². The number of ether oxygens (including phenoxy) is 1. The summed E-state index contributed by atoms with van der Waals surface area (Å²) >= 11 is 0. The average molecular weight is 140 g/mol. The summed E-state index contributed by atoms with van der Waals surface area (Å²) in [6, 6.07) is 0.